The summed E-state index contributed by atoms with van der Waals surface area (Å²) < 4.78 is 5.60. The predicted molar refractivity (Wildman–Crippen MR) is 77.4 cm³/mol. The molecule has 2 rings (SSSR count). The van der Waals surface area contributed by atoms with Gasteiger partial charge in [-0.1, -0.05) is 18.2 Å². The van der Waals surface area contributed by atoms with E-state index < -0.39 is 6.10 Å². The van der Waals surface area contributed by atoms with Crippen LogP contribution in [0.25, 0.3) is 0 Å². The summed E-state index contributed by atoms with van der Waals surface area (Å²) in [4.78, 5) is 2.36. The Morgan fingerprint density at radius 2 is 1.74 bits per heavy atom. The number of likely N-dealkylation sites (tertiary alicyclic amines) is 1. The van der Waals surface area contributed by atoms with Crippen LogP contribution in [0, 0.1) is 0 Å². The van der Waals surface area contributed by atoms with Gasteiger partial charge >= 0.3 is 0 Å². The minimum Gasteiger partial charge on any atom is -0.491 e. The summed E-state index contributed by atoms with van der Waals surface area (Å²) >= 11 is 0. The summed E-state index contributed by atoms with van der Waals surface area (Å²) in [6.45, 7) is 9.90. The third-order valence-electron chi connectivity index (χ3n) is 3.91. The number of ether oxygens (including phenoxy) is 1. The minimum atomic E-state index is -0.459. The molecule has 1 heterocycles. The number of rotatable bonds is 5. The van der Waals surface area contributed by atoms with E-state index in [2.05, 4.69) is 32.6 Å². The molecule has 3 nitrogen and oxygen atoms in total. The van der Waals surface area contributed by atoms with Crippen molar-refractivity contribution in [3.8, 4) is 5.75 Å². The number of aliphatic hydroxyl groups is 1. The highest BCUT2D eigenvalue weighted by atomic mass is 16.5. The highest BCUT2D eigenvalue weighted by Crippen LogP contribution is 2.43. The molecule has 1 fully saturated rings. The SMILES string of the molecule is CC1(C)CC(C)(C)N1CC(O)COc1ccccc1. The van der Waals surface area contributed by atoms with Crippen LogP contribution in [0.15, 0.2) is 30.3 Å². The van der Waals surface area contributed by atoms with E-state index in [1.807, 2.05) is 30.3 Å². The number of hydrogen-bond acceptors (Lipinski definition) is 3. The van der Waals surface area contributed by atoms with Gasteiger partial charge in [-0.15, -0.1) is 0 Å². The molecule has 1 aromatic carbocycles. The smallest absolute Gasteiger partial charge is 0.119 e. The van der Waals surface area contributed by atoms with Crippen molar-refractivity contribution in [2.75, 3.05) is 13.2 Å². The highest BCUT2D eigenvalue weighted by Gasteiger charge is 2.50. The van der Waals surface area contributed by atoms with E-state index in [9.17, 15) is 5.11 Å². The molecule has 3 heteroatoms. The molecule has 0 saturated carbocycles. The van der Waals surface area contributed by atoms with Crippen molar-refractivity contribution in [2.24, 2.45) is 0 Å². The van der Waals surface area contributed by atoms with E-state index >= 15 is 0 Å². The Labute approximate surface area is 116 Å². The standard InChI is InChI=1S/C16H25NO2/c1-15(2)12-16(3,4)17(15)10-13(18)11-19-14-8-6-5-7-9-14/h5-9,13,18H,10-12H2,1-4H3. The van der Waals surface area contributed by atoms with Gasteiger partial charge in [0, 0.05) is 17.6 Å². The van der Waals surface area contributed by atoms with Crippen LogP contribution in [0.2, 0.25) is 0 Å². The average Bonchev–Trinajstić information content (AvgIpc) is 2.33. The Hall–Kier alpha value is -1.06. The molecule has 1 unspecified atom stereocenters. The van der Waals surface area contributed by atoms with E-state index in [1.54, 1.807) is 0 Å². The lowest BCUT2D eigenvalue weighted by Crippen LogP contribution is -2.70. The van der Waals surface area contributed by atoms with Gasteiger partial charge in [0.25, 0.3) is 0 Å². The Morgan fingerprint density at radius 3 is 2.26 bits per heavy atom. The van der Waals surface area contributed by atoms with Gasteiger partial charge in [-0.25, -0.2) is 0 Å². The lowest BCUT2D eigenvalue weighted by Gasteiger charge is -2.61. The fourth-order valence-corrected chi connectivity index (χ4v) is 3.44. The molecule has 0 radical (unpaired) electrons. The Bertz CT molecular complexity index is 400. The maximum Gasteiger partial charge on any atom is 0.119 e. The van der Waals surface area contributed by atoms with Gasteiger partial charge in [0.15, 0.2) is 0 Å². The lowest BCUT2D eigenvalue weighted by molar-refractivity contribution is -0.127. The van der Waals surface area contributed by atoms with E-state index in [4.69, 9.17) is 4.74 Å². The Balaban J connectivity index is 1.83. The van der Waals surface area contributed by atoms with Gasteiger partial charge in [0.2, 0.25) is 0 Å². The first-order valence-corrected chi connectivity index (χ1v) is 6.95. The first-order valence-electron chi connectivity index (χ1n) is 6.95. The fraction of sp³-hybridized carbons (Fsp3) is 0.625. The number of para-hydroxylation sites is 1. The van der Waals surface area contributed by atoms with Gasteiger partial charge in [-0.2, -0.15) is 0 Å². The van der Waals surface area contributed by atoms with Crippen LogP contribution in [-0.4, -0.2) is 40.3 Å². The molecular weight excluding hydrogens is 238 g/mol. The number of aliphatic hydroxyl groups excluding tert-OH is 1. The molecule has 0 aromatic heterocycles. The first kappa shape index (κ1) is 14.4. The van der Waals surface area contributed by atoms with Crippen LogP contribution in [0.3, 0.4) is 0 Å². The zero-order chi connectivity index (χ0) is 14.1. The molecule has 0 aliphatic carbocycles. The zero-order valence-corrected chi connectivity index (χ0v) is 12.4. The first-order chi connectivity index (χ1) is 8.81. The molecule has 1 N–H and O–H groups in total. The summed E-state index contributed by atoms with van der Waals surface area (Å²) in [6, 6.07) is 9.63. The average molecular weight is 263 g/mol. The molecule has 1 aromatic rings. The second-order valence-electron chi connectivity index (χ2n) is 6.69. The third-order valence-corrected chi connectivity index (χ3v) is 3.91. The summed E-state index contributed by atoms with van der Waals surface area (Å²) in [5, 5.41) is 10.1. The number of nitrogens with zero attached hydrogens (tertiary/aromatic N) is 1. The largest absolute Gasteiger partial charge is 0.491 e. The topological polar surface area (TPSA) is 32.7 Å². The Kier molecular flexibility index (Phi) is 3.88. The molecule has 0 amide bonds. The van der Waals surface area contributed by atoms with Crippen LogP contribution in [-0.2, 0) is 0 Å². The van der Waals surface area contributed by atoms with E-state index in [-0.39, 0.29) is 11.1 Å². The molecule has 1 atom stereocenters. The molecule has 19 heavy (non-hydrogen) atoms. The number of hydrogen-bond donors (Lipinski definition) is 1. The van der Waals surface area contributed by atoms with Crippen molar-refractivity contribution < 1.29 is 9.84 Å². The zero-order valence-electron chi connectivity index (χ0n) is 12.4. The number of β-amino-alcohol motifs (C(OH)–C–C–N with tert-alkyl or cyclic N) is 1. The maximum absolute atomic E-state index is 10.1. The summed E-state index contributed by atoms with van der Waals surface area (Å²) in [5.74, 6) is 0.809. The predicted octanol–water partition coefficient (Wildman–Crippen LogP) is 2.69. The second-order valence-corrected chi connectivity index (χ2v) is 6.69. The van der Waals surface area contributed by atoms with Crippen LogP contribution in [0.5, 0.6) is 5.75 Å². The van der Waals surface area contributed by atoms with Crippen molar-refractivity contribution >= 4 is 0 Å². The molecular formula is C16H25NO2. The van der Waals surface area contributed by atoms with E-state index in [1.165, 1.54) is 0 Å². The maximum atomic E-state index is 10.1. The second kappa shape index (κ2) is 5.14. The molecule has 1 saturated heterocycles. The van der Waals surface area contributed by atoms with Crippen LogP contribution >= 0.6 is 0 Å². The summed E-state index contributed by atoms with van der Waals surface area (Å²) in [7, 11) is 0. The van der Waals surface area contributed by atoms with Crippen molar-refractivity contribution in [2.45, 2.75) is 51.3 Å². The van der Waals surface area contributed by atoms with Gasteiger partial charge in [-0.05, 0) is 46.2 Å². The van der Waals surface area contributed by atoms with Crippen molar-refractivity contribution in [1.29, 1.82) is 0 Å². The number of benzene rings is 1. The van der Waals surface area contributed by atoms with E-state index in [0.29, 0.717) is 13.2 Å². The minimum absolute atomic E-state index is 0.178. The van der Waals surface area contributed by atoms with Crippen molar-refractivity contribution in [3.05, 3.63) is 30.3 Å². The monoisotopic (exact) mass is 263 g/mol. The van der Waals surface area contributed by atoms with E-state index in [0.717, 1.165) is 12.2 Å². The van der Waals surface area contributed by atoms with Gasteiger partial charge < -0.3 is 9.84 Å². The van der Waals surface area contributed by atoms with Crippen LogP contribution in [0.1, 0.15) is 34.1 Å². The molecule has 1 aliphatic heterocycles. The normalized spacial score (nSPS) is 22.6. The molecule has 0 spiro atoms. The van der Waals surface area contributed by atoms with Crippen molar-refractivity contribution in [3.63, 3.8) is 0 Å². The molecule has 0 bridgehead atoms. The summed E-state index contributed by atoms with van der Waals surface area (Å²) in [5.41, 5.74) is 0.356. The van der Waals surface area contributed by atoms with Gasteiger partial charge in [-0.3, -0.25) is 4.90 Å². The fourth-order valence-electron chi connectivity index (χ4n) is 3.44. The van der Waals surface area contributed by atoms with Crippen LogP contribution < -0.4 is 4.74 Å². The third kappa shape index (κ3) is 3.28. The highest BCUT2D eigenvalue weighted by molar-refractivity contribution is 5.20. The quantitative estimate of drug-likeness (QED) is 0.886. The molecule has 106 valence electrons. The lowest BCUT2D eigenvalue weighted by atomic mass is 9.72. The summed E-state index contributed by atoms with van der Waals surface area (Å²) in [6.07, 6.45) is 0.700. The Morgan fingerprint density at radius 1 is 1.16 bits per heavy atom. The van der Waals surface area contributed by atoms with Gasteiger partial charge in [0.05, 0.1) is 0 Å². The molecule has 1 aliphatic rings. The van der Waals surface area contributed by atoms with Gasteiger partial charge in [0.1, 0.15) is 18.5 Å². The van der Waals surface area contributed by atoms with Crippen molar-refractivity contribution in [1.82, 2.24) is 4.90 Å². The van der Waals surface area contributed by atoms with Crippen LogP contribution in [0.4, 0.5) is 0 Å².